The SMILES string of the molecule is CCSCC(=O)NC(C(=O)OC)C1CCS(=O)(=O)CC1. The molecule has 0 aromatic heterocycles. The zero-order valence-electron chi connectivity index (χ0n) is 11.8. The molecule has 0 radical (unpaired) electrons. The van der Waals surface area contributed by atoms with Crippen molar-refractivity contribution >= 4 is 33.5 Å². The van der Waals surface area contributed by atoms with E-state index in [0.717, 1.165) is 5.75 Å². The molecule has 1 heterocycles. The molecule has 116 valence electrons. The third-order valence-corrected chi connectivity index (χ3v) is 5.87. The van der Waals surface area contributed by atoms with Crippen LogP contribution in [0, 0.1) is 5.92 Å². The van der Waals surface area contributed by atoms with Crippen LogP contribution in [-0.2, 0) is 24.2 Å². The lowest BCUT2D eigenvalue weighted by Gasteiger charge is -2.28. The molecule has 6 nitrogen and oxygen atoms in total. The fraction of sp³-hybridized carbons (Fsp3) is 0.833. The van der Waals surface area contributed by atoms with Crippen LogP contribution in [0.3, 0.4) is 0 Å². The van der Waals surface area contributed by atoms with Crippen molar-refractivity contribution in [2.75, 3.05) is 30.1 Å². The number of hydrogen-bond acceptors (Lipinski definition) is 6. The van der Waals surface area contributed by atoms with Crippen LogP contribution in [0.1, 0.15) is 19.8 Å². The molecule has 8 heteroatoms. The molecule has 1 unspecified atom stereocenters. The molecule has 1 aliphatic heterocycles. The van der Waals surface area contributed by atoms with E-state index in [2.05, 4.69) is 5.32 Å². The molecule has 0 bridgehead atoms. The highest BCUT2D eigenvalue weighted by atomic mass is 32.2. The number of carbonyl (C=O) groups is 2. The average molecular weight is 323 g/mol. The minimum Gasteiger partial charge on any atom is -0.467 e. The smallest absolute Gasteiger partial charge is 0.328 e. The maximum Gasteiger partial charge on any atom is 0.328 e. The quantitative estimate of drug-likeness (QED) is 0.704. The van der Waals surface area contributed by atoms with Crippen LogP contribution in [0.2, 0.25) is 0 Å². The van der Waals surface area contributed by atoms with Gasteiger partial charge in [-0.05, 0) is 24.5 Å². The van der Waals surface area contributed by atoms with Crippen LogP contribution in [0.5, 0.6) is 0 Å². The summed E-state index contributed by atoms with van der Waals surface area (Å²) < 4.78 is 27.5. The Hall–Kier alpha value is -0.760. The van der Waals surface area contributed by atoms with Crippen LogP contribution in [-0.4, -0.2) is 56.5 Å². The van der Waals surface area contributed by atoms with Crippen molar-refractivity contribution in [2.45, 2.75) is 25.8 Å². The van der Waals surface area contributed by atoms with E-state index in [4.69, 9.17) is 4.74 Å². The molecule has 0 aromatic carbocycles. The number of hydrogen-bond donors (Lipinski definition) is 1. The Labute approximate surface area is 123 Å². The van der Waals surface area contributed by atoms with Gasteiger partial charge in [-0.1, -0.05) is 6.92 Å². The highest BCUT2D eigenvalue weighted by Gasteiger charge is 2.35. The second kappa shape index (κ2) is 7.87. The van der Waals surface area contributed by atoms with E-state index in [0.29, 0.717) is 12.8 Å². The first-order chi connectivity index (χ1) is 9.39. The Balaban J connectivity index is 2.65. The average Bonchev–Trinajstić information content (AvgIpc) is 2.42. The Morgan fingerprint density at radius 1 is 1.35 bits per heavy atom. The molecule has 1 N–H and O–H groups in total. The second-order valence-corrected chi connectivity index (χ2v) is 8.27. The van der Waals surface area contributed by atoms with Crippen molar-refractivity contribution in [3.05, 3.63) is 0 Å². The summed E-state index contributed by atoms with van der Waals surface area (Å²) in [6.07, 6.45) is 0.757. The third-order valence-electron chi connectivity index (χ3n) is 3.28. The first kappa shape index (κ1) is 17.3. The molecule has 0 aliphatic carbocycles. The molecule has 0 aromatic rings. The van der Waals surface area contributed by atoms with Crippen LogP contribution < -0.4 is 5.32 Å². The van der Waals surface area contributed by atoms with Crippen molar-refractivity contribution < 1.29 is 22.7 Å². The molecule has 20 heavy (non-hydrogen) atoms. The van der Waals surface area contributed by atoms with Gasteiger partial charge in [0.1, 0.15) is 15.9 Å². The maximum absolute atomic E-state index is 11.8. The van der Waals surface area contributed by atoms with Gasteiger partial charge in [0.15, 0.2) is 0 Å². The monoisotopic (exact) mass is 323 g/mol. The number of nitrogens with one attached hydrogen (secondary N) is 1. The normalized spacial score (nSPS) is 20.1. The Morgan fingerprint density at radius 3 is 2.45 bits per heavy atom. The van der Waals surface area contributed by atoms with Crippen LogP contribution in [0.4, 0.5) is 0 Å². The van der Waals surface area contributed by atoms with E-state index in [-0.39, 0.29) is 29.1 Å². The van der Waals surface area contributed by atoms with Gasteiger partial charge in [0.25, 0.3) is 0 Å². The minimum absolute atomic E-state index is 0.0603. The standard InChI is InChI=1S/C12H21NO5S2/c1-3-19-8-10(14)13-11(12(15)18-2)9-4-6-20(16,17)7-5-9/h9,11H,3-8H2,1-2H3,(H,13,14). The van der Waals surface area contributed by atoms with E-state index >= 15 is 0 Å². The van der Waals surface area contributed by atoms with Gasteiger partial charge >= 0.3 is 5.97 Å². The molecular formula is C12H21NO5S2. The summed E-state index contributed by atoms with van der Waals surface area (Å²) in [6.45, 7) is 1.95. The molecule has 1 saturated heterocycles. The molecule has 0 spiro atoms. The lowest BCUT2D eigenvalue weighted by Crippen LogP contribution is -2.49. The van der Waals surface area contributed by atoms with Crippen molar-refractivity contribution in [1.82, 2.24) is 5.32 Å². The number of esters is 1. The predicted molar refractivity (Wildman–Crippen MR) is 78.3 cm³/mol. The van der Waals surface area contributed by atoms with Gasteiger partial charge in [-0.3, -0.25) is 4.79 Å². The molecule has 1 fully saturated rings. The summed E-state index contributed by atoms with van der Waals surface area (Å²) in [5, 5.41) is 2.67. The summed E-state index contributed by atoms with van der Waals surface area (Å²) in [6, 6.07) is -0.750. The summed E-state index contributed by atoms with van der Waals surface area (Å²) in [7, 11) is -1.73. The lowest BCUT2D eigenvalue weighted by molar-refractivity contribution is -0.146. The fourth-order valence-corrected chi connectivity index (χ4v) is 4.15. The minimum atomic E-state index is -2.99. The topological polar surface area (TPSA) is 89.5 Å². The second-order valence-electron chi connectivity index (χ2n) is 4.69. The summed E-state index contributed by atoms with van der Waals surface area (Å²) in [5.41, 5.74) is 0. The third kappa shape index (κ3) is 5.32. The van der Waals surface area contributed by atoms with Crippen LogP contribution >= 0.6 is 11.8 Å². The Morgan fingerprint density at radius 2 is 1.95 bits per heavy atom. The molecule has 1 amide bonds. The summed E-state index contributed by atoms with van der Waals surface area (Å²) in [5.74, 6) is 0.314. The van der Waals surface area contributed by atoms with Crippen molar-refractivity contribution in [3.63, 3.8) is 0 Å². The van der Waals surface area contributed by atoms with Crippen LogP contribution in [0.15, 0.2) is 0 Å². The van der Waals surface area contributed by atoms with Gasteiger partial charge in [0.2, 0.25) is 5.91 Å². The first-order valence-electron chi connectivity index (χ1n) is 6.55. The zero-order valence-corrected chi connectivity index (χ0v) is 13.4. The van der Waals surface area contributed by atoms with E-state index < -0.39 is 21.8 Å². The Bertz CT molecular complexity index is 435. The van der Waals surface area contributed by atoms with Gasteiger partial charge in [-0.2, -0.15) is 11.8 Å². The van der Waals surface area contributed by atoms with Gasteiger partial charge in [-0.15, -0.1) is 0 Å². The highest BCUT2D eigenvalue weighted by Crippen LogP contribution is 2.23. The van der Waals surface area contributed by atoms with Gasteiger partial charge in [0.05, 0.1) is 24.4 Å². The van der Waals surface area contributed by atoms with E-state index in [1.54, 1.807) is 0 Å². The first-order valence-corrected chi connectivity index (χ1v) is 9.52. The number of sulfone groups is 1. The van der Waals surface area contributed by atoms with Gasteiger partial charge in [0, 0.05) is 0 Å². The molecule has 1 rings (SSSR count). The van der Waals surface area contributed by atoms with Gasteiger partial charge in [-0.25, -0.2) is 13.2 Å². The number of rotatable bonds is 6. The number of ether oxygens (including phenoxy) is 1. The van der Waals surface area contributed by atoms with Crippen molar-refractivity contribution in [3.8, 4) is 0 Å². The van der Waals surface area contributed by atoms with Gasteiger partial charge < -0.3 is 10.1 Å². The zero-order chi connectivity index (χ0) is 15.2. The van der Waals surface area contributed by atoms with E-state index in [9.17, 15) is 18.0 Å². The van der Waals surface area contributed by atoms with Crippen molar-refractivity contribution in [1.29, 1.82) is 0 Å². The summed E-state index contributed by atoms with van der Waals surface area (Å²) >= 11 is 1.46. The molecule has 0 saturated carbocycles. The number of amides is 1. The summed E-state index contributed by atoms with van der Waals surface area (Å²) in [4.78, 5) is 23.5. The van der Waals surface area contributed by atoms with E-state index in [1.165, 1.54) is 18.9 Å². The van der Waals surface area contributed by atoms with Crippen LogP contribution in [0.25, 0.3) is 0 Å². The fourth-order valence-electron chi connectivity index (χ4n) is 2.15. The molecular weight excluding hydrogens is 302 g/mol. The predicted octanol–water partition coefficient (Wildman–Crippen LogP) is 0.222. The maximum atomic E-state index is 11.8. The number of carbonyl (C=O) groups excluding carboxylic acids is 2. The highest BCUT2D eigenvalue weighted by molar-refractivity contribution is 7.99. The largest absolute Gasteiger partial charge is 0.467 e. The molecule has 1 atom stereocenters. The lowest BCUT2D eigenvalue weighted by atomic mass is 9.93. The number of methoxy groups -OCH3 is 1. The number of thioether (sulfide) groups is 1. The Kier molecular flexibility index (Phi) is 6.81. The van der Waals surface area contributed by atoms with Crippen molar-refractivity contribution in [2.24, 2.45) is 5.92 Å². The van der Waals surface area contributed by atoms with E-state index in [1.807, 2.05) is 6.92 Å². The molecule has 1 aliphatic rings.